The van der Waals surface area contributed by atoms with Gasteiger partial charge in [-0.2, -0.15) is 0 Å². The first kappa shape index (κ1) is 24.2. The summed E-state index contributed by atoms with van der Waals surface area (Å²) in [6, 6.07) is 18.4. The highest BCUT2D eigenvalue weighted by molar-refractivity contribution is 5.98. The number of amides is 2. The van der Waals surface area contributed by atoms with Crippen LogP contribution in [0.3, 0.4) is 0 Å². The number of carbonyl (C=O) groups is 2. The maximum absolute atomic E-state index is 13.7. The van der Waals surface area contributed by atoms with Crippen LogP contribution in [0.2, 0.25) is 0 Å². The van der Waals surface area contributed by atoms with Crippen molar-refractivity contribution < 1.29 is 19.1 Å². The number of para-hydroxylation sites is 1. The predicted octanol–water partition coefficient (Wildman–Crippen LogP) is 3.16. The summed E-state index contributed by atoms with van der Waals surface area (Å²) in [5.41, 5.74) is 2.79. The molecule has 0 saturated carbocycles. The van der Waals surface area contributed by atoms with Crippen LogP contribution in [0.25, 0.3) is 0 Å². The summed E-state index contributed by atoms with van der Waals surface area (Å²) in [7, 11) is 5.21. The molecule has 4 rings (SSSR count). The Kier molecular flexibility index (Phi) is 7.62. The van der Waals surface area contributed by atoms with E-state index < -0.39 is 0 Å². The number of methoxy groups -OCH3 is 1. The molecule has 0 aliphatic carbocycles. The molecule has 0 unspecified atom stereocenters. The van der Waals surface area contributed by atoms with Gasteiger partial charge in [0, 0.05) is 38.4 Å². The number of ether oxygens (including phenoxy) is 2. The van der Waals surface area contributed by atoms with E-state index in [1.165, 1.54) is 0 Å². The summed E-state index contributed by atoms with van der Waals surface area (Å²) in [6.45, 7) is 2.00. The normalized spacial score (nSPS) is 16.0. The number of nitrogens with one attached hydrogen (secondary N) is 1. The van der Waals surface area contributed by atoms with Crippen LogP contribution < -0.4 is 14.8 Å². The third-order valence-electron chi connectivity index (χ3n) is 6.22. The average molecular weight is 475 g/mol. The molecule has 2 heterocycles. The van der Waals surface area contributed by atoms with E-state index in [-0.39, 0.29) is 24.5 Å². The van der Waals surface area contributed by atoms with E-state index in [0.29, 0.717) is 42.3 Å². The van der Waals surface area contributed by atoms with Crippen LogP contribution in [0.15, 0.2) is 66.9 Å². The minimum Gasteiger partial charge on any atom is -0.493 e. The molecule has 2 amide bonds. The van der Waals surface area contributed by atoms with E-state index in [0.717, 1.165) is 11.3 Å². The number of hydrogen-bond donors (Lipinski definition) is 1. The van der Waals surface area contributed by atoms with Gasteiger partial charge in [0.15, 0.2) is 11.5 Å². The van der Waals surface area contributed by atoms with Gasteiger partial charge in [0.2, 0.25) is 0 Å². The van der Waals surface area contributed by atoms with E-state index in [4.69, 9.17) is 9.47 Å². The average Bonchev–Trinajstić information content (AvgIpc) is 2.91. The molecule has 1 aliphatic heterocycles. The van der Waals surface area contributed by atoms with E-state index >= 15 is 0 Å². The second kappa shape index (κ2) is 11.0. The van der Waals surface area contributed by atoms with Gasteiger partial charge in [-0.3, -0.25) is 19.5 Å². The lowest BCUT2D eigenvalue weighted by atomic mass is 9.99. The van der Waals surface area contributed by atoms with Gasteiger partial charge >= 0.3 is 0 Å². The summed E-state index contributed by atoms with van der Waals surface area (Å²) < 4.78 is 11.6. The van der Waals surface area contributed by atoms with Crippen LogP contribution in [-0.4, -0.2) is 67.4 Å². The first-order chi connectivity index (χ1) is 17.0. The number of rotatable bonds is 7. The lowest BCUT2D eigenvalue weighted by molar-refractivity contribution is 0.0540. The second-order valence-electron chi connectivity index (χ2n) is 8.40. The Labute approximate surface area is 205 Å². The van der Waals surface area contributed by atoms with Crippen LogP contribution in [0, 0.1) is 0 Å². The first-order valence-corrected chi connectivity index (χ1v) is 11.5. The highest BCUT2D eigenvalue weighted by Crippen LogP contribution is 2.34. The Morgan fingerprint density at radius 3 is 2.66 bits per heavy atom. The quantitative estimate of drug-likeness (QED) is 0.566. The summed E-state index contributed by atoms with van der Waals surface area (Å²) in [4.78, 5) is 34.2. The Morgan fingerprint density at radius 1 is 1.09 bits per heavy atom. The largest absolute Gasteiger partial charge is 0.493 e. The SMILES string of the molecule is CNC(=O)c1cccc([C@@H]2CN(C(=O)c3cccc(OC)c3OCc3ccccn3)CCN2C)c1. The fourth-order valence-corrected chi connectivity index (χ4v) is 4.24. The number of benzene rings is 2. The van der Waals surface area contributed by atoms with Crippen LogP contribution >= 0.6 is 0 Å². The lowest BCUT2D eigenvalue weighted by Gasteiger charge is -2.40. The van der Waals surface area contributed by atoms with Gasteiger partial charge in [-0.1, -0.05) is 24.3 Å². The smallest absolute Gasteiger partial charge is 0.257 e. The molecule has 1 atom stereocenters. The fourth-order valence-electron chi connectivity index (χ4n) is 4.24. The maximum atomic E-state index is 13.7. The Morgan fingerprint density at radius 2 is 1.91 bits per heavy atom. The van der Waals surface area contributed by atoms with E-state index in [9.17, 15) is 9.59 Å². The summed E-state index contributed by atoms with van der Waals surface area (Å²) in [6.07, 6.45) is 1.70. The van der Waals surface area contributed by atoms with Gasteiger partial charge in [-0.15, -0.1) is 0 Å². The molecular weight excluding hydrogens is 444 g/mol. The highest BCUT2D eigenvalue weighted by Gasteiger charge is 2.31. The van der Waals surface area contributed by atoms with Crippen molar-refractivity contribution in [3.63, 3.8) is 0 Å². The third kappa shape index (κ3) is 5.44. The molecule has 1 N–H and O–H groups in total. The molecule has 1 aromatic heterocycles. The van der Waals surface area contributed by atoms with Crippen molar-refractivity contribution in [2.45, 2.75) is 12.6 Å². The van der Waals surface area contributed by atoms with E-state index in [1.807, 2.05) is 48.3 Å². The lowest BCUT2D eigenvalue weighted by Crippen LogP contribution is -2.49. The van der Waals surface area contributed by atoms with Gasteiger partial charge in [0.25, 0.3) is 11.8 Å². The molecule has 35 heavy (non-hydrogen) atoms. The van der Waals surface area contributed by atoms with Crippen LogP contribution in [0.5, 0.6) is 11.5 Å². The molecule has 182 valence electrons. The first-order valence-electron chi connectivity index (χ1n) is 11.5. The molecule has 8 nitrogen and oxygen atoms in total. The molecular formula is C27H30N4O4. The number of nitrogens with zero attached hydrogens (tertiary/aromatic N) is 3. The van der Waals surface area contributed by atoms with Crippen molar-refractivity contribution in [2.75, 3.05) is 40.8 Å². The molecule has 8 heteroatoms. The van der Waals surface area contributed by atoms with Crippen molar-refractivity contribution in [3.05, 3.63) is 89.2 Å². The summed E-state index contributed by atoms with van der Waals surface area (Å²) in [5, 5.41) is 2.66. The molecule has 0 radical (unpaired) electrons. The molecule has 1 fully saturated rings. The minimum atomic E-state index is -0.135. The zero-order chi connectivity index (χ0) is 24.8. The molecule has 0 spiro atoms. The highest BCUT2D eigenvalue weighted by atomic mass is 16.5. The van der Waals surface area contributed by atoms with Crippen molar-refractivity contribution in [1.82, 2.24) is 20.1 Å². The number of pyridine rings is 1. The topological polar surface area (TPSA) is 84.0 Å². The second-order valence-corrected chi connectivity index (χ2v) is 8.40. The zero-order valence-corrected chi connectivity index (χ0v) is 20.2. The Bertz CT molecular complexity index is 1180. The standard InChI is InChI=1S/C27H30N4O4/c1-28-26(32)20-9-6-8-19(16-20)23-17-31(15-14-30(23)2)27(33)22-11-7-12-24(34-3)25(22)35-18-21-10-4-5-13-29-21/h4-13,16,23H,14-15,17-18H2,1-3H3,(H,28,32)/t23-/m0/s1. The van der Waals surface area contributed by atoms with Crippen molar-refractivity contribution in [3.8, 4) is 11.5 Å². The van der Waals surface area contributed by atoms with Gasteiger partial charge < -0.3 is 19.7 Å². The summed E-state index contributed by atoms with van der Waals surface area (Å²) in [5.74, 6) is 0.642. The maximum Gasteiger partial charge on any atom is 0.257 e. The number of piperazine rings is 1. The van der Waals surface area contributed by atoms with E-state index in [1.54, 1.807) is 44.6 Å². The van der Waals surface area contributed by atoms with Crippen LogP contribution in [-0.2, 0) is 6.61 Å². The monoisotopic (exact) mass is 474 g/mol. The molecule has 3 aromatic rings. The molecule has 1 saturated heterocycles. The molecule has 2 aromatic carbocycles. The van der Waals surface area contributed by atoms with Crippen molar-refractivity contribution in [1.29, 1.82) is 0 Å². The van der Waals surface area contributed by atoms with Crippen LogP contribution in [0.1, 0.15) is 38.0 Å². The van der Waals surface area contributed by atoms with E-state index in [2.05, 4.69) is 15.2 Å². The molecule has 1 aliphatic rings. The summed E-state index contributed by atoms with van der Waals surface area (Å²) >= 11 is 0. The van der Waals surface area contributed by atoms with Gasteiger partial charge in [0.05, 0.1) is 24.4 Å². The van der Waals surface area contributed by atoms with Crippen molar-refractivity contribution in [2.24, 2.45) is 0 Å². The van der Waals surface area contributed by atoms with Crippen molar-refractivity contribution >= 4 is 11.8 Å². The Hall–Kier alpha value is -3.91. The third-order valence-corrected chi connectivity index (χ3v) is 6.22. The van der Waals surface area contributed by atoms with Gasteiger partial charge in [0.1, 0.15) is 6.61 Å². The number of likely N-dealkylation sites (N-methyl/N-ethyl adjacent to an activating group) is 1. The Balaban J connectivity index is 1.58. The number of aromatic nitrogens is 1. The number of carbonyl (C=O) groups excluding carboxylic acids is 2. The number of hydrogen-bond acceptors (Lipinski definition) is 6. The minimum absolute atomic E-state index is 0.0409. The van der Waals surface area contributed by atoms with Gasteiger partial charge in [-0.25, -0.2) is 0 Å². The van der Waals surface area contributed by atoms with Gasteiger partial charge in [-0.05, 0) is 49.0 Å². The predicted molar refractivity (Wildman–Crippen MR) is 133 cm³/mol. The fraction of sp³-hybridized carbons (Fsp3) is 0.296. The molecule has 0 bridgehead atoms. The van der Waals surface area contributed by atoms with Crippen LogP contribution in [0.4, 0.5) is 0 Å². The zero-order valence-electron chi connectivity index (χ0n) is 20.2.